The Morgan fingerprint density at radius 3 is 2.19 bits per heavy atom. The van der Waals surface area contributed by atoms with E-state index in [0.717, 1.165) is 36.7 Å². The average Bonchev–Trinajstić information content (AvgIpc) is 2.76. The number of nitrogens with one attached hydrogen (secondary N) is 1. The molecule has 6 heteroatoms. The van der Waals surface area contributed by atoms with Crippen molar-refractivity contribution in [3.63, 3.8) is 0 Å². The number of sulfone groups is 1. The molecule has 1 N–H and O–H groups in total. The highest BCUT2D eigenvalue weighted by molar-refractivity contribution is 7.90. The molecule has 0 bridgehead atoms. The van der Waals surface area contributed by atoms with Gasteiger partial charge in [-0.25, -0.2) is 8.42 Å². The molecular formula is C26H36N2O3S. The topological polar surface area (TPSA) is 66.5 Å². The minimum atomic E-state index is -3.23. The third-order valence-corrected chi connectivity index (χ3v) is 7.27. The second-order valence-electron chi connectivity index (χ2n) is 9.08. The van der Waals surface area contributed by atoms with E-state index in [4.69, 9.17) is 0 Å². The van der Waals surface area contributed by atoms with Gasteiger partial charge in [-0.05, 0) is 67.1 Å². The van der Waals surface area contributed by atoms with Gasteiger partial charge in [0.1, 0.15) is 0 Å². The van der Waals surface area contributed by atoms with E-state index in [0.29, 0.717) is 0 Å². The first-order chi connectivity index (χ1) is 15.3. The third-order valence-electron chi connectivity index (χ3n) is 6.14. The van der Waals surface area contributed by atoms with Gasteiger partial charge in [-0.3, -0.25) is 9.69 Å². The van der Waals surface area contributed by atoms with Crippen LogP contribution in [0.4, 0.5) is 5.69 Å². The second-order valence-corrected chi connectivity index (χ2v) is 11.1. The molecule has 5 nitrogen and oxygen atoms in total. The Morgan fingerprint density at radius 1 is 0.969 bits per heavy atom. The lowest BCUT2D eigenvalue weighted by Crippen LogP contribution is -2.31. The number of amides is 1. The van der Waals surface area contributed by atoms with Crippen LogP contribution in [0.2, 0.25) is 0 Å². The number of nitrogens with zero attached hydrogens (tertiary/aromatic N) is 1. The van der Waals surface area contributed by atoms with Gasteiger partial charge >= 0.3 is 0 Å². The smallest absolute Gasteiger partial charge is 0.228 e. The van der Waals surface area contributed by atoms with Crippen LogP contribution in [0.3, 0.4) is 0 Å². The summed E-state index contributed by atoms with van der Waals surface area (Å²) >= 11 is 0. The van der Waals surface area contributed by atoms with Crippen molar-refractivity contribution in [2.75, 3.05) is 24.7 Å². The van der Waals surface area contributed by atoms with E-state index in [1.54, 1.807) is 24.3 Å². The average molecular weight is 457 g/mol. The number of rotatable bonds is 10. The van der Waals surface area contributed by atoms with E-state index in [-0.39, 0.29) is 17.2 Å². The monoisotopic (exact) mass is 456 g/mol. The summed E-state index contributed by atoms with van der Waals surface area (Å²) in [5, 5.41) is 2.94. The maximum Gasteiger partial charge on any atom is 0.228 e. The molecule has 1 amide bonds. The molecule has 0 spiro atoms. The molecule has 0 radical (unpaired) electrons. The largest absolute Gasteiger partial charge is 0.326 e. The van der Waals surface area contributed by atoms with Crippen molar-refractivity contribution in [1.29, 1.82) is 0 Å². The first-order valence-electron chi connectivity index (χ1n) is 11.7. The van der Waals surface area contributed by atoms with Crippen LogP contribution in [0.15, 0.2) is 53.4 Å². The quantitative estimate of drug-likeness (QED) is 0.542. The molecule has 1 saturated carbocycles. The Balaban J connectivity index is 1.52. The van der Waals surface area contributed by atoms with Crippen LogP contribution >= 0.6 is 0 Å². The highest BCUT2D eigenvalue weighted by Gasteiger charge is 2.17. The van der Waals surface area contributed by atoms with Gasteiger partial charge in [-0.2, -0.15) is 0 Å². The van der Waals surface area contributed by atoms with Crippen molar-refractivity contribution < 1.29 is 13.2 Å². The molecule has 1 aliphatic rings. The molecule has 0 unspecified atom stereocenters. The number of hydrogen-bond donors (Lipinski definition) is 1. The molecule has 2 aromatic rings. The van der Waals surface area contributed by atoms with Gasteiger partial charge in [0.2, 0.25) is 5.91 Å². The molecule has 0 heterocycles. The highest BCUT2D eigenvalue weighted by atomic mass is 32.2. The molecule has 0 aromatic heterocycles. The van der Waals surface area contributed by atoms with Crippen LogP contribution in [0.25, 0.3) is 0 Å². The third kappa shape index (κ3) is 7.75. The van der Waals surface area contributed by atoms with Gasteiger partial charge < -0.3 is 5.32 Å². The number of benzene rings is 2. The zero-order valence-corrected chi connectivity index (χ0v) is 20.2. The van der Waals surface area contributed by atoms with Crippen molar-refractivity contribution in [3.05, 3.63) is 59.7 Å². The summed E-state index contributed by atoms with van der Waals surface area (Å²) in [6.45, 7) is 5.49. The van der Waals surface area contributed by atoms with Crippen LogP contribution in [-0.4, -0.2) is 38.6 Å². The molecule has 0 aliphatic heterocycles. The van der Waals surface area contributed by atoms with E-state index in [1.807, 2.05) is 12.1 Å². The van der Waals surface area contributed by atoms with Crippen LogP contribution in [-0.2, 0) is 27.6 Å². The van der Waals surface area contributed by atoms with Crippen LogP contribution in [0.1, 0.15) is 56.6 Å². The highest BCUT2D eigenvalue weighted by Crippen LogP contribution is 2.25. The summed E-state index contributed by atoms with van der Waals surface area (Å²) in [7, 11) is -3.23. The Labute approximate surface area is 193 Å². The van der Waals surface area contributed by atoms with E-state index in [1.165, 1.54) is 50.5 Å². The first-order valence-corrected chi connectivity index (χ1v) is 13.6. The minimum absolute atomic E-state index is 0.116. The maximum atomic E-state index is 12.4. The fraction of sp³-hybridized carbons (Fsp3) is 0.500. The summed E-state index contributed by atoms with van der Waals surface area (Å²) in [5.41, 5.74) is 2.83. The van der Waals surface area contributed by atoms with Gasteiger partial charge in [0.05, 0.1) is 11.3 Å². The summed E-state index contributed by atoms with van der Waals surface area (Å²) in [5.74, 6) is 0.718. The molecule has 0 saturated heterocycles. The molecule has 2 aromatic carbocycles. The van der Waals surface area contributed by atoms with E-state index in [2.05, 4.69) is 29.3 Å². The predicted octanol–water partition coefficient (Wildman–Crippen LogP) is 5.06. The number of carbonyl (C=O) groups is 1. The molecule has 0 atom stereocenters. The molecule has 3 rings (SSSR count). The second kappa shape index (κ2) is 11.6. The van der Waals surface area contributed by atoms with Crippen molar-refractivity contribution in [2.45, 2.75) is 63.3 Å². The zero-order chi connectivity index (χ0) is 23.0. The standard InChI is InChI=1S/C26H36N2O3S/c1-3-17-28(19-22-7-5-4-6-8-22)20-23-9-13-24(14-10-23)27-26(29)18-21-11-15-25(16-12-21)32(2,30)31/h9-16,22H,3-8,17-20H2,1-2H3,(H,27,29). The molecule has 32 heavy (non-hydrogen) atoms. The van der Waals surface area contributed by atoms with Crippen LogP contribution in [0.5, 0.6) is 0 Å². The zero-order valence-electron chi connectivity index (χ0n) is 19.3. The first kappa shape index (κ1) is 24.5. The lowest BCUT2D eigenvalue weighted by molar-refractivity contribution is -0.115. The molecule has 174 valence electrons. The van der Waals surface area contributed by atoms with Gasteiger partial charge in [-0.1, -0.05) is 50.5 Å². The predicted molar refractivity (Wildman–Crippen MR) is 130 cm³/mol. The van der Waals surface area contributed by atoms with Crippen LogP contribution in [0, 0.1) is 5.92 Å². The molecule has 1 fully saturated rings. The number of carbonyl (C=O) groups excluding carboxylic acids is 1. The lowest BCUT2D eigenvalue weighted by Gasteiger charge is -2.29. The molecular weight excluding hydrogens is 420 g/mol. The van der Waals surface area contributed by atoms with Crippen molar-refractivity contribution in [3.8, 4) is 0 Å². The van der Waals surface area contributed by atoms with Crippen molar-refractivity contribution >= 4 is 21.4 Å². The van der Waals surface area contributed by atoms with Crippen molar-refractivity contribution in [1.82, 2.24) is 4.90 Å². The number of hydrogen-bond acceptors (Lipinski definition) is 4. The Morgan fingerprint density at radius 2 is 1.59 bits per heavy atom. The molecule has 1 aliphatic carbocycles. The minimum Gasteiger partial charge on any atom is -0.326 e. The SMILES string of the molecule is CCCN(Cc1ccc(NC(=O)Cc2ccc(S(C)(=O)=O)cc2)cc1)CC1CCCCC1. The summed E-state index contributed by atoms with van der Waals surface area (Å²) in [4.78, 5) is 15.2. The summed E-state index contributed by atoms with van der Waals surface area (Å²) in [6, 6.07) is 14.6. The van der Waals surface area contributed by atoms with Gasteiger partial charge in [0.15, 0.2) is 9.84 Å². The Kier molecular flexibility index (Phi) is 8.88. The van der Waals surface area contributed by atoms with E-state index < -0.39 is 9.84 Å². The van der Waals surface area contributed by atoms with Gasteiger partial charge in [0.25, 0.3) is 0 Å². The summed E-state index contributed by atoms with van der Waals surface area (Å²) < 4.78 is 23.1. The van der Waals surface area contributed by atoms with Gasteiger partial charge in [0, 0.05) is 25.0 Å². The van der Waals surface area contributed by atoms with Crippen LogP contribution < -0.4 is 5.32 Å². The lowest BCUT2D eigenvalue weighted by atomic mass is 9.89. The van der Waals surface area contributed by atoms with E-state index >= 15 is 0 Å². The fourth-order valence-corrected chi connectivity index (χ4v) is 5.11. The van der Waals surface area contributed by atoms with Crippen molar-refractivity contribution in [2.24, 2.45) is 5.92 Å². The maximum absolute atomic E-state index is 12.4. The van der Waals surface area contributed by atoms with E-state index in [9.17, 15) is 13.2 Å². The van der Waals surface area contributed by atoms with Gasteiger partial charge in [-0.15, -0.1) is 0 Å². The Bertz CT molecular complexity index is 963. The Hall–Kier alpha value is -2.18. The number of anilines is 1. The fourth-order valence-electron chi connectivity index (χ4n) is 4.48. The normalized spacial score (nSPS) is 15.1. The summed E-state index contributed by atoms with van der Waals surface area (Å²) in [6.07, 6.45) is 9.41.